The van der Waals surface area contributed by atoms with Crippen molar-refractivity contribution < 1.29 is 9.90 Å². The molecular weight excluding hydrogens is 142 g/mol. The van der Waals surface area contributed by atoms with Gasteiger partial charge < -0.3 is 5.11 Å². The monoisotopic (exact) mass is 157 g/mol. The van der Waals surface area contributed by atoms with Crippen molar-refractivity contribution in [3.05, 3.63) is 0 Å². The Balaban J connectivity index is 2.24. The zero-order valence-corrected chi connectivity index (χ0v) is 6.92. The molecule has 0 aromatic carbocycles. The number of hydrogen-bond donors (Lipinski definition) is 1. The van der Waals surface area contributed by atoms with Crippen LogP contribution in [0.1, 0.15) is 13.3 Å². The van der Waals surface area contributed by atoms with Gasteiger partial charge in [-0.3, -0.25) is 9.69 Å². The van der Waals surface area contributed by atoms with Gasteiger partial charge in [-0.25, -0.2) is 0 Å². The number of carbonyl (C=O) groups excluding carboxylic acids is 1. The van der Waals surface area contributed by atoms with Crippen LogP contribution in [-0.2, 0) is 4.79 Å². The molecule has 0 spiro atoms. The van der Waals surface area contributed by atoms with Crippen LogP contribution in [-0.4, -0.2) is 42.0 Å². The van der Waals surface area contributed by atoms with E-state index in [1.807, 2.05) is 0 Å². The maximum Gasteiger partial charge on any atom is 0.143 e. The Morgan fingerprint density at radius 1 is 1.73 bits per heavy atom. The van der Waals surface area contributed by atoms with E-state index in [0.29, 0.717) is 12.5 Å². The Bertz CT molecular complexity index is 147. The van der Waals surface area contributed by atoms with Gasteiger partial charge in [-0.2, -0.15) is 0 Å². The van der Waals surface area contributed by atoms with Crippen LogP contribution in [0.25, 0.3) is 0 Å². The maximum absolute atomic E-state index is 10.7. The summed E-state index contributed by atoms with van der Waals surface area (Å²) in [5.74, 6) is 0.609. The number of carbonyl (C=O) groups is 1. The quantitative estimate of drug-likeness (QED) is 0.621. The molecule has 0 amide bonds. The molecule has 0 aliphatic carbocycles. The molecule has 0 bridgehead atoms. The van der Waals surface area contributed by atoms with Gasteiger partial charge in [0.2, 0.25) is 0 Å². The van der Waals surface area contributed by atoms with Crippen molar-refractivity contribution >= 4 is 5.78 Å². The summed E-state index contributed by atoms with van der Waals surface area (Å²) < 4.78 is 0. The molecule has 1 N–H and O–H groups in total. The van der Waals surface area contributed by atoms with Gasteiger partial charge in [-0.05, 0) is 25.8 Å². The molecule has 1 saturated heterocycles. The predicted octanol–water partition coefficient (Wildman–Crippen LogP) is -0.110. The number of hydrogen-bond acceptors (Lipinski definition) is 3. The molecular formula is C8H15NO2. The number of aliphatic hydroxyl groups is 1. The van der Waals surface area contributed by atoms with Gasteiger partial charge >= 0.3 is 0 Å². The fourth-order valence-corrected chi connectivity index (χ4v) is 1.52. The Hall–Kier alpha value is -0.410. The SMILES string of the molecule is CC(=O)CN1CC[C@@H](CO)C1. The van der Waals surface area contributed by atoms with Gasteiger partial charge in [0.25, 0.3) is 0 Å². The second kappa shape index (κ2) is 3.83. The molecule has 1 heterocycles. The van der Waals surface area contributed by atoms with E-state index in [2.05, 4.69) is 4.90 Å². The van der Waals surface area contributed by atoms with Gasteiger partial charge in [0.1, 0.15) is 5.78 Å². The maximum atomic E-state index is 10.7. The normalized spacial score (nSPS) is 25.8. The molecule has 0 aromatic heterocycles. The van der Waals surface area contributed by atoms with E-state index < -0.39 is 0 Å². The van der Waals surface area contributed by atoms with Gasteiger partial charge in [-0.15, -0.1) is 0 Å². The first-order valence-electron chi connectivity index (χ1n) is 4.05. The molecule has 1 atom stereocenters. The van der Waals surface area contributed by atoms with Crippen LogP contribution in [0.5, 0.6) is 0 Å². The molecule has 0 unspecified atom stereocenters. The van der Waals surface area contributed by atoms with E-state index in [0.717, 1.165) is 19.5 Å². The molecule has 1 aliphatic rings. The molecule has 0 aromatic rings. The van der Waals surface area contributed by atoms with E-state index >= 15 is 0 Å². The number of ketones is 1. The summed E-state index contributed by atoms with van der Waals surface area (Å²) in [4.78, 5) is 12.8. The van der Waals surface area contributed by atoms with Crippen LogP contribution in [0.3, 0.4) is 0 Å². The lowest BCUT2D eigenvalue weighted by Crippen LogP contribution is -2.26. The van der Waals surface area contributed by atoms with E-state index in [1.54, 1.807) is 6.92 Å². The fourth-order valence-electron chi connectivity index (χ4n) is 1.52. The highest BCUT2D eigenvalue weighted by atomic mass is 16.3. The van der Waals surface area contributed by atoms with Crippen LogP contribution in [0, 0.1) is 5.92 Å². The zero-order chi connectivity index (χ0) is 8.27. The summed E-state index contributed by atoms with van der Waals surface area (Å²) >= 11 is 0. The average molecular weight is 157 g/mol. The first-order valence-corrected chi connectivity index (χ1v) is 4.05. The van der Waals surface area contributed by atoms with Gasteiger partial charge in [-0.1, -0.05) is 0 Å². The highest BCUT2D eigenvalue weighted by Gasteiger charge is 2.21. The summed E-state index contributed by atoms with van der Waals surface area (Å²) in [5.41, 5.74) is 0. The minimum Gasteiger partial charge on any atom is -0.396 e. The lowest BCUT2D eigenvalue weighted by atomic mass is 10.1. The van der Waals surface area contributed by atoms with E-state index in [9.17, 15) is 4.79 Å². The Morgan fingerprint density at radius 3 is 2.91 bits per heavy atom. The standard InChI is InChI=1S/C8H15NO2/c1-7(11)4-9-3-2-8(5-9)6-10/h8,10H,2-6H2,1H3/t8-/m1/s1. The van der Waals surface area contributed by atoms with Gasteiger partial charge in [0.15, 0.2) is 0 Å². The second-order valence-corrected chi connectivity index (χ2v) is 3.27. The highest BCUT2D eigenvalue weighted by molar-refractivity contribution is 5.77. The summed E-state index contributed by atoms with van der Waals surface area (Å²) in [6.45, 7) is 4.26. The first kappa shape index (κ1) is 8.68. The van der Waals surface area contributed by atoms with Crippen LogP contribution >= 0.6 is 0 Å². The predicted molar refractivity (Wildman–Crippen MR) is 42.3 cm³/mol. The van der Waals surface area contributed by atoms with Gasteiger partial charge in [0.05, 0.1) is 6.54 Å². The highest BCUT2D eigenvalue weighted by Crippen LogP contribution is 2.14. The third-order valence-corrected chi connectivity index (χ3v) is 2.07. The Kier molecular flexibility index (Phi) is 3.02. The Labute approximate surface area is 67.0 Å². The summed E-state index contributed by atoms with van der Waals surface area (Å²) in [7, 11) is 0. The van der Waals surface area contributed by atoms with Crippen LogP contribution in [0.4, 0.5) is 0 Å². The number of likely N-dealkylation sites (tertiary alicyclic amines) is 1. The van der Waals surface area contributed by atoms with Crippen LogP contribution < -0.4 is 0 Å². The average Bonchev–Trinajstić information content (AvgIpc) is 2.34. The molecule has 11 heavy (non-hydrogen) atoms. The number of nitrogens with zero attached hydrogens (tertiary/aromatic N) is 1. The number of rotatable bonds is 3. The van der Waals surface area contributed by atoms with Crippen LogP contribution in [0.15, 0.2) is 0 Å². The lowest BCUT2D eigenvalue weighted by molar-refractivity contribution is -0.117. The summed E-state index contributed by atoms with van der Waals surface area (Å²) in [6.07, 6.45) is 1.03. The summed E-state index contributed by atoms with van der Waals surface area (Å²) in [6, 6.07) is 0. The Morgan fingerprint density at radius 2 is 2.45 bits per heavy atom. The molecule has 1 fully saturated rings. The zero-order valence-electron chi connectivity index (χ0n) is 6.92. The van der Waals surface area contributed by atoms with Crippen molar-refractivity contribution in [2.24, 2.45) is 5.92 Å². The molecule has 3 heteroatoms. The van der Waals surface area contributed by atoms with Crippen molar-refractivity contribution in [1.82, 2.24) is 4.90 Å². The molecule has 0 radical (unpaired) electrons. The third kappa shape index (κ3) is 2.60. The van der Waals surface area contributed by atoms with E-state index in [1.165, 1.54) is 0 Å². The second-order valence-electron chi connectivity index (χ2n) is 3.27. The topological polar surface area (TPSA) is 40.5 Å². The molecule has 3 nitrogen and oxygen atoms in total. The largest absolute Gasteiger partial charge is 0.396 e. The number of aliphatic hydroxyl groups excluding tert-OH is 1. The lowest BCUT2D eigenvalue weighted by Gasteiger charge is -2.12. The van der Waals surface area contributed by atoms with E-state index in [4.69, 9.17) is 5.11 Å². The van der Waals surface area contributed by atoms with Crippen molar-refractivity contribution in [3.63, 3.8) is 0 Å². The molecule has 0 saturated carbocycles. The van der Waals surface area contributed by atoms with Crippen molar-refractivity contribution in [2.45, 2.75) is 13.3 Å². The third-order valence-electron chi connectivity index (χ3n) is 2.07. The van der Waals surface area contributed by atoms with Crippen molar-refractivity contribution in [2.75, 3.05) is 26.2 Å². The smallest absolute Gasteiger partial charge is 0.143 e. The fraction of sp³-hybridized carbons (Fsp3) is 0.875. The minimum absolute atomic E-state index is 0.212. The van der Waals surface area contributed by atoms with Crippen molar-refractivity contribution in [3.8, 4) is 0 Å². The van der Waals surface area contributed by atoms with Crippen molar-refractivity contribution in [1.29, 1.82) is 0 Å². The molecule has 64 valence electrons. The number of Topliss-reactive ketones (excluding diaryl/α,β-unsaturated/α-hetero) is 1. The van der Waals surface area contributed by atoms with Crippen LogP contribution in [0.2, 0.25) is 0 Å². The minimum atomic E-state index is 0.212. The summed E-state index contributed by atoms with van der Waals surface area (Å²) in [5, 5.41) is 8.81. The molecule has 1 aliphatic heterocycles. The molecule has 1 rings (SSSR count). The van der Waals surface area contributed by atoms with Gasteiger partial charge in [0, 0.05) is 13.2 Å². The van der Waals surface area contributed by atoms with E-state index in [-0.39, 0.29) is 12.4 Å². The first-order chi connectivity index (χ1) is 5.22.